The second-order valence-corrected chi connectivity index (χ2v) is 4.83. The van der Waals surface area contributed by atoms with E-state index < -0.39 is 0 Å². The molecule has 1 heterocycles. The Hall–Kier alpha value is -1.62. The van der Waals surface area contributed by atoms with Crippen LogP contribution in [0.1, 0.15) is 19.8 Å². The summed E-state index contributed by atoms with van der Waals surface area (Å²) in [6.45, 7) is 5.28. The van der Waals surface area contributed by atoms with Gasteiger partial charge in [-0.1, -0.05) is 12.1 Å². The highest BCUT2D eigenvalue weighted by Crippen LogP contribution is 2.24. The second kappa shape index (κ2) is 5.82. The van der Waals surface area contributed by atoms with E-state index in [-0.39, 0.29) is 16.7 Å². The number of nitro groups is 1. The minimum Gasteiger partial charge on any atom is -0.376 e. The molecule has 1 aliphatic heterocycles. The Bertz CT molecular complexity index is 416. The van der Waals surface area contributed by atoms with Crippen molar-refractivity contribution in [3.8, 4) is 0 Å². The molecular formula is C13H19N3O2. The van der Waals surface area contributed by atoms with Gasteiger partial charge in [-0.25, -0.2) is 0 Å². The lowest BCUT2D eigenvalue weighted by Crippen LogP contribution is -2.33. The van der Waals surface area contributed by atoms with E-state index in [0.717, 1.165) is 19.6 Å². The van der Waals surface area contributed by atoms with Gasteiger partial charge in [0.1, 0.15) is 5.69 Å². The van der Waals surface area contributed by atoms with E-state index in [1.165, 1.54) is 18.9 Å². The van der Waals surface area contributed by atoms with Gasteiger partial charge in [-0.2, -0.15) is 0 Å². The molecule has 5 nitrogen and oxygen atoms in total. The molecule has 0 amide bonds. The predicted molar refractivity (Wildman–Crippen MR) is 71.9 cm³/mol. The van der Waals surface area contributed by atoms with Crippen LogP contribution in [-0.2, 0) is 0 Å². The van der Waals surface area contributed by atoms with Gasteiger partial charge >= 0.3 is 0 Å². The van der Waals surface area contributed by atoms with Crippen LogP contribution in [0.5, 0.6) is 0 Å². The molecule has 18 heavy (non-hydrogen) atoms. The third-order valence-corrected chi connectivity index (χ3v) is 3.23. The van der Waals surface area contributed by atoms with E-state index >= 15 is 0 Å². The molecule has 5 heteroatoms. The minimum atomic E-state index is -0.342. The normalized spacial score (nSPS) is 17.6. The lowest BCUT2D eigenvalue weighted by molar-refractivity contribution is -0.384. The van der Waals surface area contributed by atoms with Crippen molar-refractivity contribution in [1.82, 2.24) is 4.90 Å². The molecule has 1 N–H and O–H groups in total. The van der Waals surface area contributed by atoms with Crippen molar-refractivity contribution in [2.45, 2.75) is 25.8 Å². The molecule has 1 aromatic rings. The first kappa shape index (κ1) is 12.8. The summed E-state index contributed by atoms with van der Waals surface area (Å²) >= 11 is 0. The lowest BCUT2D eigenvalue weighted by Gasteiger charge is -2.21. The van der Waals surface area contributed by atoms with Gasteiger partial charge in [0.05, 0.1) is 4.92 Å². The number of nitro benzene ring substituents is 1. The third-order valence-electron chi connectivity index (χ3n) is 3.23. The minimum absolute atomic E-state index is 0.144. The van der Waals surface area contributed by atoms with Crippen LogP contribution in [0.3, 0.4) is 0 Å². The number of likely N-dealkylation sites (tertiary alicyclic amines) is 1. The molecular weight excluding hydrogens is 230 g/mol. The zero-order valence-electron chi connectivity index (χ0n) is 10.6. The van der Waals surface area contributed by atoms with Crippen LogP contribution in [-0.4, -0.2) is 35.5 Å². The van der Waals surface area contributed by atoms with E-state index in [0.29, 0.717) is 5.69 Å². The molecule has 1 unspecified atom stereocenters. The monoisotopic (exact) mass is 249 g/mol. The summed E-state index contributed by atoms with van der Waals surface area (Å²) < 4.78 is 0. The number of para-hydroxylation sites is 2. The van der Waals surface area contributed by atoms with Gasteiger partial charge in [0, 0.05) is 18.7 Å². The second-order valence-electron chi connectivity index (χ2n) is 4.83. The third kappa shape index (κ3) is 3.20. The van der Waals surface area contributed by atoms with Crippen molar-refractivity contribution in [2.75, 3.05) is 25.0 Å². The SMILES string of the molecule is CC(CN1CCCC1)Nc1ccccc1[N+](=O)[O-]. The predicted octanol–water partition coefficient (Wildman–Crippen LogP) is 2.49. The first-order valence-electron chi connectivity index (χ1n) is 6.39. The van der Waals surface area contributed by atoms with Crippen LogP contribution in [0.2, 0.25) is 0 Å². The first-order chi connectivity index (χ1) is 8.66. The molecule has 0 aromatic heterocycles. The van der Waals surface area contributed by atoms with Crippen molar-refractivity contribution in [3.05, 3.63) is 34.4 Å². The molecule has 0 saturated carbocycles. The number of nitrogens with one attached hydrogen (secondary N) is 1. The molecule has 2 rings (SSSR count). The number of benzene rings is 1. The largest absolute Gasteiger partial charge is 0.376 e. The Balaban J connectivity index is 1.97. The Morgan fingerprint density at radius 1 is 1.39 bits per heavy atom. The summed E-state index contributed by atoms with van der Waals surface area (Å²) in [7, 11) is 0. The van der Waals surface area contributed by atoms with Crippen molar-refractivity contribution >= 4 is 11.4 Å². The number of rotatable bonds is 5. The highest BCUT2D eigenvalue weighted by Gasteiger charge is 2.17. The Kier molecular flexibility index (Phi) is 4.15. The van der Waals surface area contributed by atoms with Crippen molar-refractivity contribution < 1.29 is 4.92 Å². The summed E-state index contributed by atoms with van der Waals surface area (Å²) in [5, 5.41) is 14.1. The molecule has 0 bridgehead atoms. The van der Waals surface area contributed by atoms with Crippen LogP contribution in [0.25, 0.3) is 0 Å². The Morgan fingerprint density at radius 2 is 2.06 bits per heavy atom. The summed E-state index contributed by atoms with van der Waals surface area (Å²) in [5.41, 5.74) is 0.750. The van der Waals surface area contributed by atoms with Crippen molar-refractivity contribution in [1.29, 1.82) is 0 Å². The fourth-order valence-electron chi connectivity index (χ4n) is 2.42. The number of hydrogen-bond donors (Lipinski definition) is 1. The van der Waals surface area contributed by atoms with Crippen molar-refractivity contribution in [2.24, 2.45) is 0 Å². The Labute approximate surface area is 107 Å². The highest BCUT2D eigenvalue weighted by atomic mass is 16.6. The molecule has 98 valence electrons. The molecule has 1 saturated heterocycles. The van der Waals surface area contributed by atoms with Crippen LogP contribution in [0.4, 0.5) is 11.4 Å². The van der Waals surface area contributed by atoms with E-state index in [4.69, 9.17) is 0 Å². The van der Waals surface area contributed by atoms with E-state index in [1.54, 1.807) is 12.1 Å². The first-order valence-corrected chi connectivity index (χ1v) is 6.39. The quantitative estimate of drug-likeness (QED) is 0.643. The molecule has 0 spiro atoms. The molecule has 1 fully saturated rings. The highest BCUT2D eigenvalue weighted by molar-refractivity contribution is 5.61. The summed E-state index contributed by atoms with van der Waals surface area (Å²) in [6.07, 6.45) is 2.52. The van der Waals surface area contributed by atoms with Gasteiger partial charge in [-0.3, -0.25) is 10.1 Å². The van der Waals surface area contributed by atoms with E-state index in [9.17, 15) is 10.1 Å². The van der Waals surface area contributed by atoms with E-state index in [2.05, 4.69) is 17.1 Å². The van der Waals surface area contributed by atoms with Crippen LogP contribution in [0.15, 0.2) is 24.3 Å². The smallest absolute Gasteiger partial charge is 0.292 e. The van der Waals surface area contributed by atoms with Gasteiger partial charge in [0.25, 0.3) is 5.69 Å². The molecule has 1 aromatic carbocycles. The van der Waals surface area contributed by atoms with Crippen LogP contribution >= 0.6 is 0 Å². The van der Waals surface area contributed by atoms with Gasteiger partial charge in [-0.05, 0) is 38.9 Å². The molecule has 1 atom stereocenters. The summed E-state index contributed by atoms with van der Waals surface area (Å²) in [6, 6.07) is 7.01. The number of anilines is 1. The summed E-state index contributed by atoms with van der Waals surface area (Å²) in [4.78, 5) is 13.0. The molecule has 0 radical (unpaired) electrons. The van der Waals surface area contributed by atoms with Gasteiger partial charge in [0.15, 0.2) is 0 Å². The fourth-order valence-corrected chi connectivity index (χ4v) is 2.42. The van der Waals surface area contributed by atoms with Gasteiger partial charge < -0.3 is 10.2 Å². The number of nitrogens with zero attached hydrogens (tertiary/aromatic N) is 2. The fraction of sp³-hybridized carbons (Fsp3) is 0.538. The maximum absolute atomic E-state index is 10.9. The standard InChI is InChI=1S/C13H19N3O2/c1-11(10-15-8-4-5-9-15)14-12-6-2-3-7-13(12)16(17)18/h2-3,6-7,11,14H,4-5,8-10H2,1H3. The topological polar surface area (TPSA) is 58.4 Å². The average molecular weight is 249 g/mol. The summed E-state index contributed by atoms with van der Waals surface area (Å²) in [5.74, 6) is 0. The zero-order chi connectivity index (χ0) is 13.0. The van der Waals surface area contributed by atoms with E-state index in [1.807, 2.05) is 6.07 Å². The van der Waals surface area contributed by atoms with Crippen LogP contribution < -0.4 is 5.32 Å². The molecule has 0 aliphatic carbocycles. The molecule has 1 aliphatic rings. The number of hydrogen-bond acceptors (Lipinski definition) is 4. The zero-order valence-corrected chi connectivity index (χ0v) is 10.6. The maximum atomic E-state index is 10.9. The lowest BCUT2D eigenvalue weighted by atomic mass is 10.2. The maximum Gasteiger partial charge on any atom is 0.292 e. The van der Waals surface area contributed by atoms with Gasteiger partial charge in [-0.15, -0.1) is 0 Å². The Morgan fingerprint density at radius 3 is 2.72 bits per heavy atom. The van der Waals surface area contributed by atoms with Gasteiger partial charge in [0.2, 0.25) is 0 Å². The van der Waals surface area contributed by atoms with Crippen molar-refractivity contribution in [3.63, 3.8) is 0 Å². The average Bonchev–Trinajstić information content (AvgIpc) is 2.82. The van der Waals surface area contributed by atoms with Crippen LogP contribution in [0, 0.1) is 10.1 Å².